The zero-order chi connectivity index (χ0) is 27.7. The largest absolute Gasteiger partial charge is 0.478 e. The zero-order valence-corrected chi connectivity index (χ0v) is 22.0. The number of carbonyl (C=O) groups excluding carboxylic acids is 2. The van der Waals surface area contributed by atoms with E-state index in [1.54, 1.807) is 26.2 Å². The molecule has 3 atom stereocenters. The number of hydrogen-bond acceptors (Lipinski definition) is 5. The summed E-state index contributed by atoms with van der Waals surface area (Å²) in [6.45, 7) is 0.780. The molecule has 1 saturated heterocycles. The van der Waals surface area contributed by atoms with E-state index < -0.39 is 23.2 Å². The van der Waals surface area contributed by atoms with E-state index in [9.17, 15) is 27.9 Å². The molecule has 206 valence electrons. The maximum atomic E-state index is 13.9. The average molecular weight is 554 g/mol. The lowest BCUT2D eigenvalue weighted by Gasteiger charge is -2.38. The molecule has 7 nitrogen and oxygen atoms in total. The standard InChI is InChI=1S/C27H31ClF3N3O4/c1-33(2)24(35)20-8-9-22(32-23(20)28)38-15-12-18-16-21(18)17-10-13-34(14-11-17)25(36)26(37,27(29,30)31)19-6-4-3-5-7-19/h3-9,17-18,21,37H,10-16H2,1-2H3/t18-,21-,26?/m1/s1. The minimum absolute atomic E-state index is 0.0801. The van der Waals surface area contributed by atoms with Crippen molar-refractivity contribution in [2.24, 2.45) is 17.8 Å². The SMILES string of the molecule is CN(C)C(=O)c1ccc(OCC[C@@H]2C[C@@H]2C2CCN(C(=O)C(O)(c3ccccc3)C(F)(F)F)CC2)nc1Cl. The number of piperidine rings is 1. The molecule has 2 aliphatic rings. The van der Waals surface area contributed by atoms with E-state index in [1.165, 1.54) is 23.1 Å². The van der Waals surface area contributed by atoms with Crippen molar-refractivity contribution in [1.29, 1.82) is 0 Å². The third-order valence-corrected chi connectivity index (χ3v) is 7.81. The van der Waals surface area contributed by atoms with Gasteiger partial charge in [-0.1, -0.05) is 41.9 Å². The summed E-state index contributed by atoms with van der Waals surface area (Å²) in [4.78, 5) is 31.7. The first kappa shape index (κ1) is 28.2. The first-order valence-corrected chi connectivity index (χ1v) is 13.0. The number of nitrogens with zero attached hydrogens (tertiary/aromatic N) is 3. The topological polar surface area (TPSA) is 83.0 Å². The number of carbonyl (C=O) groups is 2. The normalized spacial score (nSPS) is 21.5. The fourth-order valence-corrected chi connectivity index (χ4v) is 5.47. The van der Waals surface area contributed by atoms with Gasteiger partial charge >= 0.3 is 6.18 Å². The summed E-state index contributed by atoms with van der Waals surface area (Å²) in [5, 5.41) is 10.7. The molecule has 4 rings (SSSR count). The van der Waals surface area contributed by atoms with Crippen LogP contribution in [-0.4, -0.2) is 71.7 Å². The lowest BCUT2D eigenvalue weighted by Crippen LogP contribution is -2.57. The number of benzene rings is 1. The Balaban J connectivity index is 1.26. The van der Waals surface area contributed by atoms with Crippen molar-refractivity contribution in [2.45, 2.75) is 37.5 Å². The predicted molar refractivity (Wildman–Crippen MR) is 135 cm³/mol. The van der Waals surface area contributed by atoms with E-state index >= 15 is 0 Å². The van der Waals surface area contributed by atoms with Gasteiger partial charge in [-0.3, -0.25) is 9.59 Å². The van der Waals surface area contributed by atoms with Gasteiger partial charge in [-0.15, -0.1) is 0 Å². The van der Waals surface area contributed by atoms with Crippen LogP contribution in [0.1, 0.15) is 41.6 Å². The number of alkyl halides is 3. The Hall–Kier alpha value is -2.85. The second-order valence-corrected chi connectivity index (χ2v) is 10.5. The van der Waals surface area contributed by atoms with Crippen molar-refractivity contribution in [1.82, 2.24) is 14.8 Å². The van der Waals surface area contributed by atoms with Crippen LogP contribution in [0, 0.1) is 17.8 Å². The molecule has 1 saturated carbocycles. The quantitative estimate of drug-likeness (QED) is 0.486. The van der Waals surface area contributed by atoms with Crippen LogP contribution in [0.3, 0.4) is 0 Å². The smallest absolute Gasteiger partial charge is 0.430 e. The van der Waals surface area contributed by atoms with Crippen LogP contribution in [0.2, 0.25) is 5.15 Å². The maximum Gasteiger partial charge on any atom is 0.430 e. The Kier molecular flexibility index (Phi) is 8.23. The molecule has 1 aliphatic carbocycles. The highest BCUT2D eigenvalue weighted by Crippen LogP contribution is 2.50. The van der Waals surface area contributed by atoms with E-state index in [4.69, 9.17) is 16.3 Å². The van der Waals surface area contributed by atoms with Crippen LogP contribution < -0.4 is 4.74 Å². The first-order valence-electron chi connectivity index (χ1n) is 12.6. The molecule has 11 heteroatoms. The third-order valence-electron chi connectivity index (χ3n) is 7.52. The van der Waals surface area contributed by atoms with Gasteiger partial charge in [-0.05, 0) is 49.5 Å². The molecule has 2 heterocycles. The molecule has 2 amide bonds. The van der Waals surface area contributed by atoms with Crippen LogP contribution in [-0.2, 0) is 10.4 Å². The Labute approximate surface area is 224 Å². The van der Waals surface area contributed by atoms with E-state index in [1.807, 2.05) is 0 Å². The van der Waals surface area contributed by atoms with Crippen molar-refractivity contribution in [3.8, 4) is 5.88 Å². The second-order valence-electron chi connectivity index (χ2n) is 10.2. The summed E-state index contributed by atoms with van der Waals surface area (Å²) in [6.07, 6.45) is -2.15. The fraction of sp³-hybridized carbons (Fsp3) is 0.519. The molecule has 0 spiro atoms. The second kappa shape index (κ2) is 11.1. The monoisotopic (exact) mass is 553 g/mol. The van der Waals surface area contributed by atoms with Gasteiger partial charge in [0, 0.05) is 38.8 Å². The maximum absolute atomic E-state index is 13.9. The number of aromatic nitrogens is 1. The lowest BCUT2D eigenvalue weighted by molar-refractivity contribution is -0.262. The summed E-state index contributed by atoms with van der Waals surface area (Å²) in [5.41, 5.74) is -3.74. The summed E-state index contributed by atoms with van der Waals surface area (Å²) < 4.78 is 47.3. The molecule has 2 aromatic rings. The predicted octanol–water partition coefficient (Wildman–Crippen LogP) is 4.53. The molecule has 1 aliphatic heterocycles. The van der Waals surface area contributed by atoms with Gasteiger partial charge in [0.25, 0.3) is 17.4 Å². The van der Waals surface area contributed by atoms with E-state index in [2.05, 4.69) is 4.98 Å². The van der Waals surface area contributed by atoms with Crippen LogP contribution in [0.15, 0.2) is 42.5 Å². The van der Waals surface area contributed by atoms with Gasteiger partial charge in [0.05, 0.1) is 12.2 Å². The fourth-order valence-electron chi connectivity index (χ4n) is 5.24. The van der Waals surface area contributed by atoms with Gasteiger partial charge in [-0.25, -0.2) is 4.98 Å². The van der Waals surface area contributed by atoms with Crippen LogP contribution in [0.25, 0.3) is 0 Å². The van der Waals surface area contributed by atoms with Crippen molar-refractivity contribution in [2.75, 3.05) is 33.8 Å². The van der Waals surface area contributed by atoms with Crippen LogP contribution >= 0.6 is 11.6 Å². The van der Waals surface area contributed by atoms with Gasteiger partial charge in [-0.2, -0.15) is 13.2 Å². The summed E-state index contributed by atoms with van der Waals surface area (Å²) in [7, 11) is 3.26. The minimum Gasteiger partial charge on any atom is -0.478 e. The Morgan fingerprint density at radius 3 is 2.37 bits per heavy atom. The summed E-state index contributed by atoms with van der Waals surface area (Å²) in [5.74, 6) is -0.0500. The highest BCUT2D eigenvalue weighted by molar-refractivity contribution is 6.32. The molecule has 1 aromatic carbocycles. The van der Waals surface area contributed by atoms with E-state index in [0.29, 0.717) is 48.6 Å². The molecule has 1 aromatic heterocycles. The van der Waals surface area contributed by atoms with Crippen LogP contribution in [0.5, 0.6) is 5.88 Å². The number of aliphatic hydroxyl groups is 1. The van der Waals surface area contributed by atoms with Gasteiger partial charge in [0.15, 0.2) is 0 Å². The minimum atomic E-state index is -5.13. The molecule has 0 bridgehead atoms. The average Bonchev–Trinajstić information content (AvgIpc) is 3.67. The highest BCUT2D eigenvalue weighted by atomic mass is 35.5. The van der Waals surface area contributed by atoms with E-state index in [-0.39, 0.29) is 24.1 Å². The molecule has 1 N–H and O–H groups in total. The highest BCUT2D eigenvalue weighted by Gasteiger charge is 2.62. The van der Waals surface area contributed by atoms with Crippen molar-refractivity contribution >= 4 is 23.4 Å². The Bertz CT molecular complexity index is 1160. The molecule has 0 radical (unpaired) electrons. The molecular formula is C27H31ClF3N3O4. The first-order chi connectivity index (χ1) is 17.9. The number of halogens is 4. The Morgan fingerprint density at radius 1 is 1.13 bits per heavy atom. The number of rotatable bonds is 8. The summed E-state index contributed by atoms with van der Waals surface area (Å²) >= 11 is 6.12. The van der Waals surface area contributed by atoms with Gasteiger partial charge in [0.2, 0.25) is 5.88 Å². The number of ether oxygens (including phenoxy) is 1. The Morgan fingerprint density at radius 2 is 1.79 bits per heavy atom. The number of amides is 2. The molecule has 1 unspecified atom stereocenters. The van der Waals surface area contributed by atoms with Gasteiger partial charge in [0.1, 0.15) is 5.15 Å². The molecule has 2 fully saturated rings. The molecule has 38 heavy (non-hydrogen) atoms. The lowest BCUT2D eigenvalue weighted by atomic mass is 9.87. The van der Waals surface area contributed by atoms with Crippen molar-refractivity contribution in [3.05, 3.63) is 58.7 Å². The third kappa shape index (κ3) is 5.76. The molecular weight excluding hydrogens is 523 g/mol. The zero-order valence-electron chi connectivity index (χ0n) is 21.2. The van der Waals surface area contributed by atoms with Crippen molar-refractivity contribution in [3.63, 3.8) is 0 Å². The number of likely N-dealkylation sites (tertiary alicyclic amines) is 1. The van der Waals surface area contributed by atoms with Crippen molar-refractivity contribution < 1.29 is 32.6 Å². The number of pyridine rings is 1. The summed E-state index contributed by atoms with van der Waals surface area (Å²) in [6, 6.07) is 9.70. The van der Waals surface area contributed by atoms with Crippen LogP contribution in [0.4, 0.5) is 13.2 Å². The number of hydrogen-bond donors (Lipinski definition) is 1. The van der Waals surface area contributed by atoms with Gasteiger partial charge < -0.3 is 19.6 Å². The van der Waals surface area contributed by atoms with E-state index in [0.717, 1.165) is 29.9 Å².